The highest BCUT2D eigenvalue weighted by Crippen LogP contribution is 2.38. The third-order valence-electron chi connectivity index (χ3n) is 5.82. The van der Waals surface area contributed by atoms with Crippen LogP contribution in [0.25, 0.3) is 0 Å². The molecule has 0 atom stereocenters. The van der Waals surface area contributed by atoms with E-state index in [1.165, 1.54) is 24.3 Å². The second-order valence-corrected chi connectivity index (χ2v) is 10.5. The van der Waals surface area contributed by atoms with Gasteiger partial charge in [-0.05, 0) is 66.7 Å². The van der Waals surface area contributed by atoms with E-state index in [4.69, 9.17) is 0 Å². The molecule has 0 spiro atoms. The number of nitro groups is 1. The Balaban J connectivity index is 1.42. The molecule has 4 aromatic carbocycles. The van der Waals surface area contributed by atoms with E-state index >= 15 is 0 Å². The molecule has 9 nitrogen and oxygen atoms in total. The van der Waals surface area contributed by atoms with Gasteiger partial charge in [-0.3, -0.25) is 24.5 Å². The minimum atomic E-state index is -0.537. The number of para-hydroxylation sites is 1. The van der Waals surface area contributed by atoms with Crippen molar-refractivity contribution in [3.05, 3.63) is 134 Å². The van der Waals surface area contributed by atoms with Crippen LogP contribution in [0.1, 0.15) is 10.4 Å². The van der Waals surface area contributed by atoms with Gasteiger partial charge < -0.3 is 10.6 Å². The molecule has 198 valence electrons. The molecule has 5 rings (SSSR count). The first-order chi connectivity index (χ1) is 19.3. The number of hydrogen-bond acceptors (Lipinski definition) is 7. The minimum Gasteiger partial charge on any atom is -0.350 e. The zero-order valence-corrected chi connectivity index (χ0v) is 22.9. The lowest BCUT2D eigenvalue weighted by atomic mass is 10.2. The molecule has 11 heteroatoms. The lowest BCUT2D eigenvalue weighted by Crippen LogP contribution is -2.32. The fourth-order valence-electron chi connectivity index (χ4n) is 3.90. The molecule has 0 saturated carbocycles. The first-order valence-corrected chi connectivity index (χ1v) is 13.5. The van der Waals surface area contributed by atoms with E-state index in [1.807, 2.05) is 12.1 Å². The second-order valence-electron chi connectivity index (χ2n) is 8.51. The third kappa shape index (κ3) is 5.80. The van der Waals surface area contributed by atoms with E-state index in [1.54, 1.807) is 66.7 Å². The summed E-state index contributed by atoms with van der Waals surface area (Å²) in [6.45, 7) is 0. The number of non-ortho nitro benzene ring substituents is 1. The molecule has 0 aliphatic carbocycles. The number of carbonyl (C=O) groups is 3. The van der Waals surface area contributed by atoms with Gasteiger partial charge in [-0.15, -0.1) is 0 Å². The van der Waals surface area contributed by atoms with Gasteiger partial charge in [0.2, 0.25) is 0 Å². The zero-order valence-electron chi connectivity index (χ0n) is 20.5. The van der Waals surface area contributed by atoms with Crippen molar-refractivity contribution in [2.75, 3.05) is 15.5 Å². The molecule has 0 aromatic heterocycles. The molecule has 40 heavy (non-hydrogen) atoms. The Morgan fingerprint density at radius 1 is 0.825 bits per heavy atom. The molecule has 0 bridgehead atoms. The van der Waals surface area contributed by atoms with Crippen LogP contribution in [0.5, 0.6) is 0 Å². The highest BCUT2D eigenvalue weighted by Gasteiger charge is 2.40. The van der Waals surface area contributed by atoms with Gasteiger partial charge in [-0.2, -0.15) is 0 Å². The summed E-state index contributed by atoms with van der Waals surface area (Å²) in [5, 5.41) is 16.8. The Bertz CT molecular complexity index is 1660. The summed E-state index contributed by atoms with van der Waals surface area (Å²) in [6.07, 6.45) is 0. The number of rotatable bonds is 8. The molecule has 1 aliphatic rings. The van der Waals surface area contributed by atoms with Crippen molar-refractivity contribution < 1.29 is 19.3 Å². The van der Waals surface area contributed by atoms with Crippen molar-refractivity contribution in [1.29, 1.82) is 0 Å². The van der Waals surface area contributed by atoms with E-state index in [0.717, 1.165) is 21.1 Å². The van der Waals surface area contributed by atoms with Gasteiger partial charge in [-0.25, -0.2) is 4.90 Å². The standard InChI is InChI=1S/C29H19BrN4O5S/c30-19-11-13-20(14-12-19)31-25-26(29(37)33(28(25)36)22-6-2-1-3-7-22)40-24-8-4-5-21(17-24)32-27(35)18-9-15-23(16-10-18)34(38)39/h1-17,31H,(H,32,35). The first kappa shape index (κ1) is 26.9. The maximum Gasteiger partial charge on any atom is 0.283 e. The summed E-state index contributed by atoms with van der Waals surface area (Å²) < 4.78 is 0.869. The number of nitrogens with zero attached hydrogens (tertiary/aromatic N) is 2. The van der Waals surface area contributed by atoms with Crippen molar-refractivity contribution in [2.45, 2.75) is 4.90 Å². The molecular formula is C29H19BrN4O5S. The number of carbonyl (C=O) groups excluding carboxylic acids is 3. The van der Waals surface area contributed by atoms with E-state index < -0.39 is 22.6 Å². The Morgan fingerprint density at radius 2 is 1.52 bits per heavy atom. The van der Waals surface area contributed by atoms with Crippen molar-refractivity contribution in [2.24, 2.45) is 0 Å². The third-order valence-corrected chi connectivity index (χ3v) is 7.42. The van der Waals surface area contributed by atoms with Crippen LogP contribution in [0.2, 0.25) is 0 Å². The molecule has 0 radical (unpaired) electrons. The van der Waals surface area contributed by atoms with Crippen LogP contribution >= 0.6 is 27.7 Å². The maximum atomic E-state index is 13.6. The fraction of sp³-hybridized carbons (Fsp3) is 0. The number of anilines is 3. The van der Waals surface area contributed by atoms with Gasteiger partial charge in [-0.1, -0.05) is 52.0 Å². The molecule has 0 fully saturated rings. The summed E-state index contributed by atoms with van der Waals surface area (Å²) in [5.41, 5.74) is 1.82. The molecule has 0 saturated heterocycles. The van der Waals surface area contributed by atoms with Crippen LogP contribution in [0.15, 0.2) is 123 Å². The Hall–Kier alpha value is -4.74. The number of hydrogen-bond donors (Lipinski definition) is 2. The number of nitro benzene ring substituents is 1. The monoisotopic (exact) mass is 614 g/mol. The van der Waals surface area contributed by atoms with Crippen molar-refractivity contribution in [3.8, 4) is 0 Å². The average Bonchev–Trinajstić information content (AvgIpc) is 3.18. The average molecular weight is 615 g/mol. The number of amides is 3. The zero-order chi connectivity index (χ0) is 28.2. The second kappa shape index (κ2) is 11.6. The quantitative estimate of drug-likeness (QED) is 0.130. The van der Waals surface area contributed by atoms with Crippen LogP contribution in [0.4, 0.5) is 22.7 Å². The number of nitrogens with one attached hydrogen (secondary N) is 2. The molecule has 0 unspecified atom stereocenters. The number of thioether (sulfide) groups is 1. The fourth-order valence-corrected chi connectivity index (χ4v) is 5.15. The van der Waals surface area contributed by atoms with Crippen LogP contribution in [-0.4, -0.2) is 22.6 Å². The molecular weight excluding hydrogens is 596 g/mol. The predicted molar refractivity (Wildman–Crippen MR) is 157 cm³/mol. The highest BCUT2D eigenvalue weighted by atomic mass is 79.9. The van der Waals surface area contributed by atoms with Crippen LogP contribution in [-0.2, 0) is 9.59 Å². The van der Waals surface area contributed by atoms with E-state index in [0.29, 0.717) is 22.0 Å². The number of halogens is 1. The molecule has 1 aliphatic heterocycles. The summed E-state index contributed by atoms with van der Waals surface area (Å²) in [5.74, 6) is -1.40. The van der Waals surface area contributed by atoms with Gasteiger partial charge >= 0.3 is 0 Å². The minimum absolute atomic E-state index is 0.115. The topological polar surface area (TPSA) is 122 Å². The van der Waals surface area contributed by atoms with Gasteiger partial charge in [0.1, 0.15) is 10.6 Å². The van der Waals surface area contributed by atoms with E-state index in [-0.39, 0.29) is 21.9 Å². The summed E-state index contributed by atoms with van der Waals surface area (Å²) >= 11 is 4.50. The van der Waals surface area contributed by atoms with Crippen molar-refractivity contribution in [3.63, 3.8) is 0 Å². The summed E-state index contributed by atoms with van der Waals surface area (Å²) in [7, 11) is 0. The van der Waals surface area contributed by atoms with E-state index in [2.05, 4.69) is 26.6 Å². The van der Waals surface area contributed by atoms with Gasteiger partial charge in [0.05, 0.1) is 10.6 Å². The Labute approximate surface area is 241 Å². The van der Waals surface area contributed by atoms with Crippen LogP contribution in [0.3, 0.4) is 0 Å². The SMILES string of the molecule is O=C(Nc1cccc(SC2=C(Nc3ccc(Br)cc3)C(=O)N(c3ccccc3)C2=O)c1)c1ccc([N+](=O)[O-])cc1. The lowest BCUT2D eigenvalue weighted by molar-refractivity contribution is -0.384. The largest absolute Gasteiger partial charge is 0.350 e. The molecule has 1 heterocycles. The molecule has 3 amide bonds. The predicted octanol–water partition coefficient (Wildman–Crippen LogP) is 6.60. The number of benzene rings is 4. The van der Waals surface area contributed by atoms with E-state index in [9.17, 15) is 24.5 Å². The van der Waals surface area contributed by atoms with Crippen molar-refractivity contribution >= 4 is 68.2 Å². The summed E-state index contributed by atoms with van der Waals surface area (Å²) in [4.78, 5) is 52.0. The Kier molecular flexibility index (Phi) is 7.76. The van der Waals surface area contributed by atoms with Gasteiger partial charge in [0.25, 0.3) is 23.4 Å². The van der Waals surface area contributed by atoms with Crippen LogP contribution < -0.4 is 15.5 Å². The summed E-state index contributed by atoms with van der Waals surface area (Å²) in [6, 6.07) is 28.0. The van der Waals surface area contributed by atoms with Crippen molar-refractivity contribution in [1.82, 2.24) is 0 Å². The molecule has 4 aromatic rings. The first-order valence-electron chi connectivity index (χ1n) is 11.8. The number of imide groups is 1. The highest BCUT2D eigenvalue weighted by molar-refractivity contribution is 9.10. The van der Waals surface area contributed by atoms with Gasteiger partial charge in [0, 0.05) is 38.4 Å². The molecule has 2 N–H and O–H groups in total. The normalized spacial score (nSPS) is 13.0. The lowest BCUT2D eigenvalue weighted by Gasteiger charge is -2.15. The maximum absolute atomic E-state index is 13.6. The van der Waals surface area contributed by atoms with Crippen LogP contribution in [0, 0.1) is 10.1 Å². The Morgan fingerprint density at radius 3 is 2.20 bits per heavy atom. The van der Waals surface area contributed by atoms with Gasteiger partial charge in [0.15, 0.2) is 0 Å². The smallest absolute Gasteiger partial charge is 0.283 e.